The quantitative estimate of drug-likeness (QED) is 0.269. The Bertz CT molecular complexity index is 1310. The minimum absolute atomic E-state index is 0.0488. The van der Waals surface area contributed by atoms with Crippen molar-refractivity contribution in [2.24, 2.45) is 0 Å². The van der Waals surface area contributed by atoms with Crippen LogP contribution >= 0.6 is 0 Å². The van der Waals surface area contributed by atoms with E-state index in [1.54, 1.807) is 12.2 Å². The molecule has 0 aliphatic rings. The van der Waals surface area contributed by atoms with Crippen molar-refractivity contribution in [3.8, 4) is 22.3 Å². The Kier molecular flexibility index (Phi) is 9.25. The second-order valence-electron chi connectivity index (χ2n) is 11.7. The molecule has 40 heavy (non-hydrogen) atoms. The SMILES string of the molecule is C=Cc1cc(C(C)C)c(-c2c(C(=O)O)ccc(C(=O)O)c2-c2c(C(C)C)cc(C=C)cc2C(C)C)c(C(C)C)c1. The predicted molar refractivity (Wildman–Crippen MR) is 168 cm³/mol. The molecule has 4 nitrogen and oxygen atoms in total. The maximum Gasteiger partial charge on any atom is 0.336 e. The molecule has 3 aromatic carbocycles. The molecule has 210 valence electrons. The predicted octanol–water partition coefficient (Wildman–Crippen LogP) is 10.2. The van der Waals surface area contributed by atoms with Gasteiger partial charge in [0.15, 0.2) is 0 Å². The van der Waals surface area contributed by atoms with Gasteiger partial charge in [-0.1, -0.05) is 105 Å². The summed E-state index contributed by atoms with van der Waals surface area (Å²) in [4.78, 5) is 25.8. The van der Waals surface area contributed by atoms with E-state index in [1.165, 1.54) is 12.1 Å². The highest BCUT2D eigenvalue weighted by Gasteiger charge is 2.31. The first-order chi connectivity index (χ1) is 18.7. The van der Waals surface area contributed by atoms with Gasteiger partial charge in [0.1, 0.15) is 0 Å². The van der Waals surface area contributed by atoms with Gasteiger partial charge in [-0.05, 0) is 80.3 Å². The van der Waals surface area contributed by atoms with Gasteiger partial charge in [0.05, 0.1) is 11.1 Å². The topological polar surface area (TPSA) is 74.6 Å². The first kappa shape index (κ1) is 30.6. The zero-order chi connectivity index (χ0) is 30.0. The van der Waals surface area contributed by atoms with E-state index in [2.05, 4.69) is 92.8 Å². The van der Waals surface area contributed by atoms with E-state index in [4.69, 9.17) is 0 Å². The van der Waals surface area contributed by atoms with Gasteiger partial charge in [-0.25, -0.2) is 9.59 Å². The Morgan fingerprint density at radius 3 is 0.975 bits per heavy atom. The van der Waals surface area contributed by atoms with Crippen molar-refractivity contribution >= 4 is 24.1 Å². The van der Waals surface area contributed by atoms with E-state index in [1.807, 2.05) is 0 Å². The normalized spacial score (nSPS) is 11.5. The standard InChI is InChI=1S/C36H42O4/c1-11-23-15-27(19(3)4)31(28(16-23)20(5)6)33-25(35(37)38)13-14-26(36(39)40)34(33)32-29(21(7)8)17-24(12-2)18-30(32)22(9)10/h11-22H,1-2H2,3-10H3,(H,37,38)(H,39,40). The molecule has 0 radical (unpaired) electrons. The summed E-state index contributed by atoms with van der Waals surface area (Å²) in [5.41, 5.74) is 8.46. The van der Waals surface area contributed by atoms with E-state index < -0.39 is 11.9 Å². The molecule has 0 spiro atoms. The van der Waals surface area contributed by atoms with Crippen LogP contribution in [-0.4, -0.2) is 22.2 Å². The van der Waals surface area contributed by atoms with Crippen LogP contribution in [0.4, 0.5) is 0 Å². The fraction of sp³-hybridized carbons (Fsp3) is 0.333. The zero-order valence-electron chi connectivity index (χ0n) is 25.1. The minimum atomic E-state index is -1.09. The molecule has 0 fully saturated rings. The first-order valence-electron chi connectivity index (χ1n) is 14.0. The summed E-state index contributed by atoms with van der Waals surface area (Å²) in [6.07, 6.45) is 3.60. The van der Waals surface area contributed by atoms with Gasteiger partial charge in [0, 0.05) is 11.1 Å². The highest BCUT2D eigenvalue weighted by Crippen LogP contribution is 2.49. The number of benzene rings is 3. The number of aromatic carboxylic acids is 2. The van der Waals surface area contributed by atoms with E-state index in [0.717, 1.165) is 44.5 Å². The summed E-state index contributed by atoms with van der Waals surface area (Å²) in [6, 6.07) is 11.1. The summed E-state index contributed by atoms with van der Waals surface area (Å²) in [6.45, 7) is 24.6. The van der Waals surface area contributed by atoms with E-state index in [0.29, 0.717) is 11.1 Å². The second kappa shape index (κ2) is 12.1. The van der Waals surface area contributed by atoms with E-state index >= 15 is 0 Å². The Hall–Kier alpha value is -3.92. The van der Waals surface area contributed by atoms with Gasteiger partial charge < -0.3 is 10.2 Å². The Labute approximate surface area is 239 Å². The molecule has 2 N–H and O–H groups in total. The van der Waals surface area contributed by atoms with Crippen LogP contribution in [0.3, 0.4) is 0 Å². The highest BCUT2D eigenvalue weighted by molar-refractivity contribution is 6.10. The van der Waals surface area contributed by atoms with Crippen molar-refractivity contribution < 1.29 is 19.8 Å². The molecular weight excluding hydrogens is 496 g/mol. The summed E-state index contributed by atoms with van der Waals surface area (Å²) in [5.74, 6) is -1.99. The molecule has 3 rings (SSSR count). The van der Waals surface area contributed by atoms with Crippen LogP contribution < -0.4 is 0 Å². The largest absolute Gasteiger partial charge is 0.478 e. The monoisotopic (exact) mass is 538 g/mol. The van der Waals surface area contributed by atoms with E-state index in [9.17, 15) is 19.8 Å². The molecule has 0 saturated heterocycles. The molecular formula is C36H42O4. The van der Waals surface area contributed by atoms with E-state index in [-0.39, 0.29) is 34.8 Å². The number of carboxylic acids is 2. The lowest BCUT2D eigenvalue weighted by Crippen LogP contribution is -2.13. The minimum Gasteiger partial charge on any atom is -0.478 e. The van der Waals surface area contributed by atoms with Crippen molar-refractivity contribution in [2.75, 3.05) is 0 Å². The molecule has 4 heteroatoms. The Balaban J connectivity index is 2.82. The third-order valence-corrected chi connectivity index (χ3v) is 7.57. The van der Waals surface area contributed by atoms with Crippen LogP contribution in [0.1, 0.15) is 133 Å². The number of carboxylic acid groups (broad SMARTS) is 2. The van der Waals surface area contributed by atoms with Gasteiger partial charge in [0.2, 0.25) is 0 Å². The van der Waals surface area contributed by atoms with Crippen molar-refractivity contribution in [2.45, 2.75) is 79.1 Å². The molecule has 0 aliphatic heterocycles. The number of hydrogen-bond acceptors (Lipinski definition) is 2. The van der Waals surface area contributed by atoms with Crippen LogP contribution in [0.25, 0.3) is 34.4 Å². The molecule has 0 saturated carbocycles. The molecule has 0 aliphatic carbocycles. The average Bonchev–Trinajstić information content (AvgIpc) is 2.90. The molecule has 0 heterocycles. The Morgan fingerprint density at radius 2 is 0.800 bits per heavy atom. The van der Waals surface area contributed by atoms with Gasteiger partial charge >= 0.3 is 11.9 Å². The average molecular weight is 539 g/mol. The zero-order valence-corrected chi connectivity index (χ0v) is 25.1. The maximum absolute atomic E-state index is 12.9. The van der Waals surface area contributed by atoms with Gasteiger partial charge in [-0.2, -0.15) is 0 Å². The van der Waals surface area contributed by atoms with Crippen molar-refractivity contribution in [1.82, 2.24) is 0 Å². The third kappa shape index (κ3) is 5.67. The molecule has 0 unspecified atom stereocenters. The summed E-state index contributed by atoms with van der Waals surface area (Å²) in [5, 5.41) is 21.1. The van der Waals surface area contributed by atoms with Crippen molar-refractivity contribution in [3.63, 3.8) is 0 Å². The van der Waals surface area contributed by atoms with Crippen LogP contribution in [0, 0.1) is 0 Å². The summed E-state index contributed by atoms with van der Waals surface area (Å²) < 4.78 is 0. The fourth-order valence-corrected chi connectivity index (χ4v) is 5.54. The lowest BCUT2D eigenvalue weighted by Gasteiger charge is -2.28. The summed E-state index contributed by atoms with van der Waals surface area (Å²) >= 11 is 0. The smallest absolute Gasteiger partial charge is 0.336 e. The van der Waals surface area contributed by atoms with Gasteiger partial charge in [-0.15, -0.1) is 0 Å². The number of carbonyl (C=O) groups is 2. The van der Waals surface area contributed by atoms with Crippen LogP contribution in [0.2, 0.25) is 0 Å². The molecule has 0 atom stereocenters. The molecule has 0 aromatic heterocycles. The maximum atomic E-state index is 12.9. The van der Waals surface area contributed by atoms with Crippen molar-refractivity contribution in [1.29, 1.82) is 0 Å². The fourth-order valence-electron chi connectivity index (χ4n) is 5.54. The summed E-state index contributed by atoms with van der Waals surface area (Å²) in [7, 11) is 0. The molecule has 0 bridgehead atoms. The van der Waals surface area contributed by atoms with Crippen LogP contribution in [0.15, 0.2) is 49.6 Å². The third-order valence-electron chi connectivity index (χ3n) is 7.57. The second-order valence-corrected chi connectivity index (χ2v) is 11.7. The number of hydrogen-bond donors (Lipinski definition) is 2. The lowest BCUT2D eigenvalue weighted by atomic mass is 9.75. The molecule has 0 amide bonds. The van der Waals surface area contributed by atoms with Crippen molar-refractivity contribution in [3.05, 3.63) is 94.1 Å². The van der Waals surface area contributed by atoms with Gasteiger partial charge in [-0.3, -0.25) is 0 Å². The first-order valence-corrected chi connectivity index (χ1v) is 14.0. The van der Waals surface area contributed by atoms with Crippen LogP contribution in [-0.2, 0) is 0 Å². The van der Waals surface area contributed by atoms with Gasteiger partial charge in [0.25, 0.3) is 0 Å². The highest BCUT2D eigenvalue weighted by atomic mass is 16.4. The lowest BCUT2D eigenvalue weighted by molar-refractivity contribution is 0.0682. The molecule has 3 aromatic rings. The number of rotatable bonds is 10. The van der Waals surface area contributed by atoms with Crippen LogP contribution in [0.5, 0.6) is 0 Å². The Morgan fingerprint density at radius 1 is 0.550 bits per heavy atom.